The highest BCUT2D eigenvalue weighted by Crippen LogP contribution is 2.49. The third kappa shape index (κ3) is 18.6. The van der Waals surface area contributed by atoms with Crippen LogP contribution in [-0.2, 0) is 10.0 Å². The molecule has 0 amide bonds. The smallest absolute Gasteiger partial charge is 0.237 e. The number of dihydropyridines is 1. The molecule has 9 aromatic carbocycles. The molecule has 0 unspecified atom stereocenters. The monoisotopic (exact) mass is 1980 g/mol. The van der Waals surface area contributed by atoms with Crippen molar-refractivity contribution in [1.82, 2.24) is 96.3 Å². The van der Waals surface area contributed by atoms with Crippen molar-refractivity contribution >= 4 is 98.9 Å². The van der Waals surface area contributed by atoms with E-state index in [0.29, 0.717) is 42.0 Å². The minimum atomic E-state index is -3.45. The van der Waals surface area contributed by atoms with Crippen LogP contribution in [0.4, 0.5) is 5.95 Å². The van der Waals surface area contributed by atoms with Gasteiger partial charge in [0, 0.05) is 121 Å². The molecule has 4 fully saturated rings. The van der Waals surface area contributed by atoms with Gasteiger partial charge in [-0.2, -0.15) is 5.10 Å². The first-order valence-corrected chi connectivity index (χ1v) is 51.5. The van der Waals surface area contributed by atoms with Gasteiger partial charge in [-0.25, -0.2) is 38.3 Å². The Morgan fingerprint density at radius 1 is 0.399 bits per heavy atom. The van der Waals surface area contributed by atoms with E-state index in [4.69, 9.17) is 52.3 Å². The van der Waals surface area contributed by atoms with Crippen molar-refractivity contribution in [1.29, 1.82) is 0 Å². The SMILES string of the molecule is C=C1C=C(c2cc(-c3c(C)noc3C)cc3[nH]c(C4CC4)nc23)C=CN1.C=C1NN=C(c2cc(-c3c(C)noc3C)cc3[nH]c(C4CC4)nc23)c2ccncc21.Cc1nc2c(-c3cccc4ccccc34)cc(-c3c(C)noc3C)cc2[nH]1.Cc1noc(C)c1-c1cc(-c2ccccc2-c2ccccc2)c2nc(NS(=O)(=O)C3CC3)[nH]c2c1.Cc1noc(C)c1-c1cc(-c2ccnc(OC(C)(C)C)c2)c2nc(C3CC3)[nH]c2c1. The Bertz CT molecular complexity index is 9010. The lowest BCUT2D eigenvalue weighted by Crippen LogP contribution is -2.23. The first-order chi connectivity index (χ1) is 71.5. The van der Waals surface area contributed by atoms with Crippen molar-refractivity contribution in [3.05, 3.63) is 335 Å². The molecular weight excluding hydrogens is 1870 g/mol. The number of ether oxygens (including phenoxy) is 1. The van der Waals surface area contributed by atoms with E-state index in [1.54, 1.807) is 12.4 Å². The second kappa shape index (κ2) is 37.7. The van der Waals surface area contributed by atoms with Gasteiger partial charge >= 0.3 is 0 Å². The highest BCUT2D eigenvalue weighted by atomic mass is 32.2. The molecule has 0 spiro atoms. The number of rotatable bonds is 18. The zero-order chi connectivity index (χ0) is 102. The number of hydrogen-bond acceptors (Lipinski definition) is 23. The number of sulfonamides is 1. The number of pyridine rings is 2. The van der Waals surface area contributed by atoms with Crippen molar-refractivity contribution in [3.8, 4) is 106 Å². The van der Waals surface area contributed by atoms with E-state index in [1.165, 1.54) is 54.9 Å². The number of fused-ring (bicyclic) bond motifs is 7. The van der Waals surface area contributed by atoms with Crippen LogP contribution in [-0.4, -0.2) is 111 Å². The molecular formula is C118H109N21O8S. The van der Waals surface area contributed by atoms with E-state index in [1.807, 2.05) is 164 Å². The van der Waals surface area contributed by atoms with E-state index in [0.717, 1.165) is 270 Å². The minimum absolute atomic E-state index is 0.223. The molecule has 30 heteroatoms. The second-order valence-electron chi connectivity index (χ2n) is 40.1. The number of imidazole rings is 5. The van der Waals surface area contributed by atoms with Gasteiger partial charge in [-0.3, -0.25) is 15.1 Å². The first kappa shape index (κ1) is 94.3. The average molecular weight is 1980 g/mol. The average Bonchev–Trinajstić information content (AvgIpc) is 1.18. The third-order valence-electron chi connectivity index (χ3n) is 27.8. The van der Waals surface area contributed by atoms with Gasteiger partial charge in [0.15, 0.2) is 0 Å². The minimum Gasteiger partial charge on any atom is -0.472 e. The summed E-state index contributed by atoms with van der Waals surface area (Å²) in [7, 11) is -3.45. The van der Waals surface area contributed by atoms with Crippen LogP contribution in [0.3, 0.4) is 0 Å². The van der Waals surface area contributed by atoms with Crippen molar-refractivity contribution in [2.24, 2.45) is 5.10 Å². The summed E-state index contributed by atoms with van der Waals surface area (Å²) < 4.78 is 60.9. The van der Waals surface area contributed by atoms with Crippen molar-refractivity contribution in [2.45, 2.75) is 177 Å². The standard InChI is InChI=1S/C27H24N4O3S.C24H26N4O2.C23H20N6O.C23H19N3O.C21H20N4O/c1-16-25(17(2)34-30-16)19-14-23(22-11-7-6-10-21(22)18-8-4-3-5-9-18)26-24(15-19)28-27(29-26)31-35(32,33)20-12-13-20;1-13-21(14(2)30-28-13)17-10-18(16-8-9-25-20(12-16)29-24(3,4)5)22-19(11-17)26-23(27-22)15-6-7-15;1-11-18-10-24-7-6-16(18)21(28-27-11)17-8-15(20-12(2)29-30-13(20)3)9-19-22(17)26-23(25-19)14-4-5-14;1-13-22(14(2)27-26-13)17-11-20(23-21(12-17)24-15(3)25-23)19-10-6-8-16-7-4-5-9-18(16)19;1-11-8-15(6-7-22-11)17-9-16(19-12(2)25-26-13(19)3)10-18-20(17)24-21(23-18)14-4-5-14/h3-11,14-15,20H,12-13H2,1-2H3,(H2,28,29,31);8-12,15H,6-7H2,1-5H3,(H,26,27);6-10,14,27H,1,4-5H2,2-3H3,(H,25,26);4-12H,1-3H3,(H,24,25);6-10,14,22H,1,4-5H2,2-3H3,(H,23,24). The number of benzene rings is 9. The molecule has 0 saturated heterocycles. The molecule has 29 nitrogen and oxygen atoms in total. The molecule has 12 aromatic heterocycles. The predicted molar refractivity (Wildman–Crippen MR) is 580 cm³/mol. The number of aryl methyl sites for hydroxylation is 11. The molecule has 8 N–H and O–H groups in total. The normalized spacial score (nSPS) is 14.5. The summed E-state index contributed by atoms with van der Waals surface area (Å²) in [5.74, 6) is 10.6. The van der Waals surface area contributed by atoms with Gasteiger partial charge in [0.1, 0.15) is 63.4 Å². The summed E-state index contributed by atoms with van der Waals surface area (Å²) >= 11 is 0. The quantitative estimate of drug-likeness (QED) is 0.0395. The van der Waals surface area contributed by atoms with E-state index >= 15 is 0 Å². The van der Waals surface area contributed by atoms with E-state index in [-0.39, 0.29) is 16.8 Å². The van der Waals surface area contributed by atoms with Gasteiger partial charge in [0.25, 0.3) is 0 Å². The van der Waals surface area contributed by atoms with Gasteiger partial charge in [-0.1, -0.05) is 136 Å². The molecule has 14 heterocycles. The molecule has 21 aromatic rings. The molecule has 4 saturated carbocycles. The summed E-state index contributed by atoms with van der Waals surface area (Å²) in [6.07, 6.45) is 20.0. The summed E-state index contributed by atoms with van der Waals surface area (Å²) in [4.78, 5) is 50.2. The Balaban J connectivity index is 0.000000102. The van der Waals surface area contributed by atoms with E-state index in [9.17, 15) is 8.42 Å². The Morgan fingerprint density at radius 2 is 0.845 bits per heavy atom. The fraction of sp³-hybridized carbons (Fsp3) is 0.229. The van der Waals surface area contributed by atoms with Gasteiger partial charge in [0.2, 0.25) is 21.9 Å². The Morgan fingerprint density at radius 3 is 1.36 bits per heavy atom. The highest BCUT2D eigenvalue weighted by Gasteiger charge is 2.38. The summed E-state index contributed by atoms with van der Waals surface area (Å²) in [5, 5.41) is 30.5. The largest absolute Gasteiger partial charge is 0.472 e. The predicted octanol–water partition coefficient (Wildman–Crippen LogP) is 27.1. The zero-order valence-electron chi connectivity index (χ0n) is 84.6. The Kier molecular flexibility index (Phi) is 24.0. The van der Waals surface area contributed by atoms with Crippen molar-refractivity contribution in [3.63, 3.8) is 0 Å². The van der Waals surface area contributed by atoms with Crippen LogP contribution >= 0.6 is 0 Å². The highest BCUT2D eigenvalue weighted by molar-refractivity contribution is 7.93. The molecule has 740 valence electrons. The van der Waals surface area contributed by atoms with Crippen LogP contribution in [0.2, 0.25) is 0 Å². The Hall–Kier alpha value is -17.3. The number of aromatic amines is 5. The molecule has 148 heavy (non-hydrogen) atoms. The number of nitrogens with zero attached hydrogens (tertiary/aromatic N) is 13. The van der Waals surface area contributed by atoms with E-state index < -0.39 is 10.0 Å². The van der Waals surface area contributed by atoms with E-state index in [2.05, 4.69) is 228 Å². The molecule has 2 aliphatic heterocycles. The molecule has 0 radical (unpaired) electrons. The van der Waals surface area contributed by atoms with Crippen LogP contribution in [0, 0.1) is 76.2 Å². The summed E-state index contributed by atoms with van der Waals surface area (Å²) in [6.45, 7) is 35.6. The number of anilines is 1. The molecule has 0 bridgehead atoms. The number of hydrazone groups is 1. The molecule has 27 rings (SSSR count). The fourth-order valence-electron chi connectivity index (χ4n) is 20.3. The second-order valence-corrected chi connectivity index (χ2v) is 42.1. The van der Waals surface area contributed by atoms with Crippen LogP contribution in [0.15, 0.2) is 259 Å². The maximum Gasteiger partial charge on any atom is 0.237 e. The maximum absolute atomic E-state index is 12.6. The van der Waals surface area contributed by atoms with Crippen LogP contribution in [0.25, 0.3) is 177 Å². The summed E-state index contributed by atoms with van der Waals surface area (Å²) in [6, 6.07) is 60.5. The number of nitrogens with one attached hydrogen (secondary N) is 8. The van der Waals surface area contributed by atoms with Crippen LogP contribution in [0.5, 0.6) is 5.88 Å². The topological polar surface area (TPSA) is 391 Å². The maximum atomic E-state index is 12.6. The number of aromatic nitrogens is 17. The number of allylic oxidation sites excluding steroid dienone is 3. The summed E-state index contributed by atoms with van der Waals surface area (Å²) in [5.41, 5.74) is 42.6. The van der Waals surface area contributed by atoms with Gasteiger partial charge in [-0.05, 0) is 305 Å². The van der Waals surface area contributed by atoms with Gasteiger partial charge in [0.05, 0.1) is 94.6 Å². The number of H-pyrrole nitrogens is 5. The zero-order valence-corrected chi connectivity index (χ0v) is 85.4. The lowest BCUT2D eigenvalue weighted by Gasteiger charge is -2.20. The van der Waals surface area contributed by atoms with Gasteiger partial charge in [-0.15, -0.1) is 0 Å². The molecule has 6 aliphatic rings. The molecule has 4 aliphatic carbocycles. The number of hydrogen-bond donors (Lipinski definition) is 8. The van der Waals surface area contributed by atoms with Crippen LogP contribution < -0.4 is 20.2 Å². The van der Waals surface area contributed by atoms with Gasteiger partial charge < -0.3 is 57.6 Å². The lowest BCUT2D eigenvalue weighted by molar-refractivity contribution is 0.124. The van der Waals surface area contributed by atoms with Crippen molar-refractivity contribution < 1.29 is 35.8 Å². The molecule has 0 atom stereocenters. The third-order valence-corrected chi connectivity index (χ3v) is 29.6. The van der Waals surface area contributed by atoms with Crippen molar-refractivity contribution in [2.75, 3.05) is 4.72 Å². The Labute approximate surface area is 852 Å². The lowest BCUT2D eigenvalue weighted by atomic mass is 9.91. The van der Waals surface area contributed by atoms with Crippen LogP contribution in [0.1, 0.15) is 193 Å². The fourth-order valence-corrected chi connectivity index (χ4v) is 21.5. The first-order valence-electron chi connectivity index (χ1n) is 49.9.